The molecule has 0 fully saturated rings. The highest BCUT2D eigenvalue weighted by atomic mass is 16.4. The number of aliphatic hydroxyl groups excluding tert-OH is 1. The van der Waals surface area contributed by atoms with Gasteiger partial charge < -0.3 is 10.2 Å². The van der Waals surface area contributed by atoms with Gasteiger partial charge in [0.05, 0.1) is 12.0 Å². The minimum Gasteiger partial charge on any atom is -0.481 e. The van der Waals surface area contributed by atoms with Crippen molar-refractivity contribution in [2.45, 2.75) is 110 Å². The number of unbranched alkanes of at least 4 members (excludes halogenated alkanes) is 8. The van der Waals surface area contributed by atoms with Gasteiger partial charge in [-0.1, -0.05) is 78.1 Å². The third-order valence-corrected chi connectivity index (χ3v) is 4.49. The maximum Gasteiger partial charge on any atom is 0.306 e. The molecule has 0 aromatic carbocycles. The van der Waals surface area contributed by atoms with E-state index < -0.39 is 5.97 Å². The average Bonchev–Trinajstić information content (AvgIpc) is 2.49. The Kier molecular flexibility index (Phi) is 14.9. The van der Waals surface area contributed by atoms with Gasteiger partial charge in [-0.15, -0.1) is 0 Å². The van der Waals surface area contributed by atoms with E-state index in [1.165, 1.54) is 44.9 Å². The number of hydrogen-bond donors (Lipinski definition) is 2. The second kappa shape index (κ2) is 15.3. The Hall–Kier alpha value is -0.570. The zero-order valence-corrected chi connectivity index (χ0v) is 14.9. The van der Waals surface area contributed by atoms with E-state index in [1.54, 1.807) is 0 Å². The van der Waals surface area contributed by atoms with Gasteiger partial charge in [0.25, 0.3) is 0 Å². The van der Waals surface area contributed by atoms with Crippen LogP contribution in [0.25, 0.3) is 0 Å². The van der Waals surface area contributed by atoms with Crippen LogP contribution in [-0.2, 0) is 4.79 Å². The highest BCUT2D eigenvalue weighted by Crippen LogP contribution is 2.20. The standard InChI is InChI=1S/C19H38O3/c1-3-5-7-9-10-11-13-17(19(21)22)15-16-18(20)14-12-8-6-4-2/h17-18,20H,3-16H2,1-2H3,(H,21,22). The van der Waals surface area contributed by atoms with E-state index in [4.69, 9.17) is 0 Å². The molecule has 0 bridgehead atoms. The molecule has 0 aliphatic carbocycles. The average molecular weight is 315 g/mol. The van der Waals surface area contributed by atoms with Crippen LogP contribution in [0.15, 0.2) is 0 Å². The van der Waals surface area contributed by atoms with E-state index in [9.17, 15) is 15.0 Å². The summed E-state index contributed by atoms with van der Waals surface area (Å²) in [5.41, 5.74) is 0. The molecule has 0 heterocycles. The van der Waals surface area contributed by atoms with Crippen molar-refractivity contribution in [2.24, 2.45) is 5.92 Å². The monoisotopic (exact) mass is 314 g/mol. The van der Waals surface area contributed by atoms with Crippen LogP contribution in [0.3, 0.4) is 0 Å². The summed E-state index contributed by atoms with van der Waals surface area (Å²) < 4.78 is 0. The van der Waals surface area contributed by atoms with Gasteiger partial charge in [0, 0.05) is 0 Å². The Bertz CT molecular complexity index is 253. The fourth-order valence-electron chi connectivity index (χ4n) is 2.91. The minimum absolute atomic E-state index is 0.267. The van der Waals surface area contributed by atoms with Crippen LogP contribution in [0.5, 0.6) is 0 Å². The van der Waals surface area contributed by atoms with Crippen molar-refractivity contribution in [3.05, 3.63) is 0 Å². The van der Waals surface area contributed by atoms with Crippen molar-refractivity contribution < 1.29 is 15.0 Å². The van der Waals surface area contributed by atoms with Crippen molar-refractivity contribution in [1.82, 2.24) is 0 Å². The van der Waals surface area contributed by atoms with Crippen LogP contribution in [0.2, 0.25) is 0 Å². The highest BCUT2D eigenvalue weighted by Gasteiger charge is 2.18. The van der Waals surface area contributed by atoms with Gasteiger partial charge in [0.15, 0.2) is 0 Å². The van der Waals surface area contributed by atoms with Gasteiger partial charge in [-0.3, -0.25) is 4.79 Å². The second-order valence-corrected chi connectivity index (χ2v) is 6.67. The number of hydrogen-bond acceptors (Lipinski definition) is 2. The van der Waals surface area contributed by atoms with Crippen LogP contribution in [0.1, 0.15) is 104 Å². The van der Waals surface area contributed by atoms with Gasteiger partial charge in [0.2, 0.25) is 0 Å². The Morgan fingerprint density at radius 3 is 1.82 bits per heavy atom. The van der Waals surface area contributed by atoms with Crippen LogP contribution >= 0.6 is 0 Å². The molecule has 0 aromatic heterocycles. The predicted molar refractivity (Wildman–Crippen MR) is 93.1 cm³/mol. The predicted octanol–water partition coefficient (Wildman–Crippen LogP) is 5.55. The first-order chi connectivity index (χ1) is 10.6. The summed E-state index contributed by atoms with van der Waals surface area (Å²) in [6.07, 6.45) is 14.4. The largest absolute Gasteiger partial charge is 0.481 e. The van der Waals surface area contributed by atoms with E-state index in [2.05, 4.69) is 13.8 Å². The first-order valence-corrected chi connectivity index (χ1v) is 9.52. The van der Waals surface area contributed by atoms with Crippen molar-refractivity contribution in [3.63, 3.8) is 0 Å². The number of rotatable bonds is 16. The van der Waals surface area contributed by atoms with E-state index in [-0.39, 0.29) is 12.0 Å². The normalized spacial score (nSPS) is 14.0. The minimum atomic E-state index is -0.688. The summed E-state index contributed by atoms with van der Waals surface area (Å²) in [6.45, 7) is 4.38. The number of carboxylic acids is 1. The first kappa shape index (κ1) is 21.4. The first-order valence-electron chi connectivity index (χ1n) is 9.52. The Morgan fingerprint density at radius 1 is 0.727 bits per heavy atom. The summed E-state index contributed by atoms with van der Waals surface area (Å²) in [6, 6.07) is 0. The lowest BCUT2D eigenvalue weighted by molar-refractivity contribution is -0.142. The molecule has 2 atom stereocenters. The molecule has 0 spiro atoms. The lowest BCUT2D eigenvalue weighted by Crippen LogP contribution is -2.17. The zero-order chi connectivity index (χ0) is 16.6. The maximum absolute atomic E-state index is 11.3. The fourth-order valence-corrected chi connectivity index (χ4v) is 2.91. The molecule has 0 aliphatic rings. The SMILES string of the molecule is CCCCCCCCC(CCC(O)CCCCCC)C(=O)O. The fraction of sp³-hybridized carbons (Fsp3) is 0.947. The molecule has 0 aliphatic heterocycles. The molecule has 132 valence electrons. The lowest BCUT2D eigenvalue weighted by atomic mass is 9.93. The molecule has 22 heavy (non-hydrogen) atoms. The molecule has 0 amide bonds. The Balaban J connectivity index is 3.73. The molecule has 2 unspecified atom stereocenters. The highest BCUT2D eigenvalue weighted by molar-refractivity contribution is 5.69. The Morgan fingerprint density at radius 2 is 1.23 bits per heavy atom. The molecule has 0 rings (SSSR count). The van der Waals surface area contributed by atoms with Crippen molar-refractivity contribution in [1.29, 1.82) is 0 Å². The van der Waals surface area contributed by atoms with E-state index >= 15 is 0 Å². The number of carbonyl (C=O) groups is 1. The zero-order valence-electron chi connectivity index (χ0n) is 14.9. The van der Waals surface area contributed by atoms with Gasteiger partial charge in [-0.25, -0.2) is 0 Å². The summed E-state index contributed by atoms with van der Waals surface area (Å²) >= 11 is 0. The van der Waals surface area contributed by atoms with Gasteiger partial charge in [-0.05, 0) is 25.7 Å². The van der Waals surface area contributed by atoms with Crippen LogP contribution in [-0.4, -0.2) is 22.3 Å². The number of aliphatic carboxylic acids is 1. The smallest absolute Gasteiger partial charge is 0.306 e. The van der Waals surface area contributed by atoms with Crippen molar-refractivity contribution in [2.75, 3.05) is 0 Å². The third kappa shape index (κ3) is 13.1. The quantitative estimate of drug-likeness (QED) is 0.367. The van der Waals surface area contributed by atoms with Crippen molar-refractivity contribution >= 4 is 5.97 Å². The van der Waals surface area contributed by atoms with Gasteiger partial charge >= 0.3 is 5.97 Å². The molecule has 0 saturated carbocycles. The molecular formula is C19H38O3. The summed E-state index contributed by atoms with van der Waals surface area (Å²) in [5.74, 6) is -0.955. The molecular weight excluding hydrogens is 276 g/mol. The Labute approximate surface area is 137 Å². The van der Waals surface area contributed by atoms with E-state index in [0.29, 0.717) is 12.8 Å². The number of carboxylic acid groups (broad SMARTS) is 1. The van der Waals surface area contributed by atoms with E-state index in [0.717, 1.165) is 32.1 Å². The molecule has 3 heteroatoms. The molecule has 2 N–H and O–H groups in total. The topological polar surface area (TPSA) is 57.5 Å². The van der Waals surface area contributed by atoms with Gasteiger partial charge in [0.1, 0.15) is 0 Å². The van der Waals surface area contributed by atoms with Crippen molar-refractivity contribution in [3.8, 4) is 0 Å². The van der Waals surface area contributed by atoms with Crippen LogP contribution in [0, 0.1) is 5.92 Å². The van der Waals surface area contributed by atoms with Crippen LogP contribution in [0.4, 0.5) is 0 Å². The molecule has 3 nitrogen and oxygen atoms in total. The van der Waals surface area contributed by atoms with Gasteiger partial charge in [-0.2, -0.15) is 0 Å². The third-order valence-electron chi connectivity index (χ3n) is 4.49. The van der Waals surface area contributed by atoms with E-state index in [1.807, 2.05) is 0 Å². The molecule has 0 radical (unpaired) electrons. The second-order valence-electron chi connectivity index (χ2n) is 6.67. The summed E-state index contributed by atoms with van der Waals surface area (Å²) in [5, 5.41) is 19.2. The number of aliphatic hydroxyl groups is 1. The van der Waals surface area contributed by atoms with Crippen LogP contribution < -0.4 is 0 Å². The molecule has 0 saturated heterocycles. The lowest BCUT2D eigenvalue weighted by Gasteiger charge is -2.15. The maximum atomic E-state index is 11.3. The molecule has 0 aromatic rings. The summed E-state index contributed by atoms with van der Waals surface area (Å²) in [7, 11) is 0. The summed E-state index contributed by atoms with van der Waals surface area (Å²) in [4.78, 5) is 11.3.